The summed E-state index contributed by atoms with van der Waals surface area (Å²) < 4.78 is 5.08. The molecular formula is C19H20ClN3O3. The van der Waals surface area contributed by atoms with E-state index in [4.69, 9.17) is 16.3 Å². The van der Waals surface area contributed by atoms with E-state index < -0.39 is 0 Å². The number of rotatable bonds is 5. The fourth-order valence-electron chi connectivity index (χ4n) is 2.88. The van der Waals surface area contributed by atoms with Crippen LogP contribution < -0.4 is 20.3 Å². The van der Waals surface area contributed by atoms with Crippen LogP contribution in [0, 0.1) is 5.92 Å². The third-order valence-corrected chi connectivity index (χ3v) is 4.49. The number of hydrogen-bond acceptors (Lipinski definition) is 3. The molecule has 136 valence electrons. The normalized spacial score (nSPS) is 16.5. The Balaban J connectivity index is 1.49. The van der Waals surface area contributed by atoms with E-state index in [0.29, 0.717) is 30.2 Å². The van der Waals surface area contributed by atoms with Gasteiger partial charge < -0.3 is 20.3 Å². The highest BCUT2D eigenvalue weighted by Gasteiger charge is 2.30. The smallest absolute Gasteiger partial charge is 0.319 e. The van der Waals surface area contributed by atoms with Crippen molar-refractivity contribution in [3.05, 3.63) is 53.6 Å². The highest BCUT2D eigenvalue weighted by atomic mass is 35.5. The number of carbonyl (C=O) groups is 2. The lowest BCUT2D eigenvalue weighted by atomic mass is 10.1. The number of urea groups is 1. The van der Waals surface area contributed by atoms with Gasteiger partial charge in [-0.3, -0.25) is 4.79 Å². The Morgan fingerprint density at radius 2 is 1.88 bits per heavy atom. The average Bonchev–Trinajstić information content (AvgIpc) is 3.02. The topological polar surface area (TPSA) is 70.7 Å². The summed E-state index contributed by atoms with van der Waals surface area (Å²) in [5, 5.41) is 6.21. The second kappa shape index (κ2) is 8.10. The second-order valence-electron chi connectivity index (χ2n) is 6.11. The molecule has 3 rings (SSSR count). The molecule has 1 fully saturated rings. The van der Waals surface area contributed by atoms with Gasteiger partial charge in [0.2, 0.25) is 5.91 Å². The highest BCUT2D eigenvalue weighted by molar-refractivity contribution is 6.30. The maximum Gasteiger partial charge on any atom is 0.319 e. The minimum Gasteiger partial charge on any atom is -0.497 e. The first-order valence-corrected chi connectivity index (χ1v) is 8.68. The van der Waals surface area contributed by atoms with Crippen molar-refractivity contribution >= 4 is 34.9 Å². The van der Waals surface area contributed by atoms with Gasteiger partial charge in [-0.1, -0.05) is 11.6 Å². The summed E-state index contributed by atoms with van der Waals surface area (Å²) in [6, 6.07) is 14.0. The maximum absolute atomic E-state index is 12.2. The zero-order valence-electron chi connectivity index (χ0n) is 14.4. The molecule has 6 nitrogen and oxygen atoms in total. The van der Waals surface area contributed by atoms with Crippen molar-refractivity contribution in [2.75, 3.05) is 30.4 Å². The molecule has 0 aromatic heterocycles. The van der Waals surface area contributed by atoms with Crippen LogP contribution in [0.25, 0.3) is 0 Å². The standard InChI is InChI=1S/C19H20ClN3O3/c1-26-17-8-4-15(5-9-17)22-19(25)21-11-13-10-18(24)23(12-13)16-6-2-14(20)3-7-16/h2-9,13H,10-12H2,1H3,(H2,21,22,25)/t13-/m1/s1. The Morgan fingerprint density at radius 1 is 1.19 bits per heavy atom. The monoisotopic (exact) mass is 373 g/mol. The van der Waals surface area contributed by atoms with E-state index in [2.05, 4.69) is 10.6 Å². The first-order chi connectivity index (χ1) is 12.5. The lowest BCUT2D eigenvalue weighted by Gasteiger charge is -2.17. The molecular weight excluding hydrogens is 354 g/mol. The Hall–Kier alpha value is -2.73. The largest absolute Gasteiger partial charge is 0.497 e. The Kier molecular flexibility index (Phi) is 5.63. The van der Waals surface area contributed by atoms with Crippen LogP contribution in [-0.2, 0) is 4.79 Å². The van der Waals surface area contributed by atoms with E-state index in [1.165, 1.54) is 0 Å². The van der Waals surface area contributed by atoms with E-state index in [-0.39, 0.29) is 17.9 Å². The number of benzene rings is 2. The van der Waals surface area contributed by atoms with Crippen molar-refractivity contribution in [2.45, 2.75) is 6.42 Å². The summed E-state index contributed by atoms with van der Waals surface area (Å²) in [4.78, 5) is 26.0. The molecule has 1 aliphatic rings. The molecule has 1 aliphatic heterocycles. The minimum atomic E-state index is -0.299. The van der Waals surface area contributed by atoms with Crippen LogP contribution in [0.2, 0.25) is 5.02 Å². The highest BCUT2D eigenvalue weighted by Crippen LogP contribution is 2.26. The zero-order chi connectivity index (χ0) is 18.5. The van der Waals surface area contributed by atoms with E-state index in [0.717, 1.165) is 11.4 Å². The molecule has 3 amide bonds. The number of carbonyl (C=O) groups excluding carboxylic acids is 2. The third-order valence-electron chi connectivity index (χ3n) is 4.24. The molecule has 2 aromatic rings. The lowest BCUT2D eigenvalue weighted by molar-refractivity contribution is -0.117. The number of nitrogens with zero attached hydrogens (tertiary/aromatic N) is 1. The van der Waals surface area contributed by atoms with Crippen molar-refractivity contribution < 1.29 is 14.3 Å². The zero-order valence-corrected chi connectivity index (χ0v) is 15.1. The number of amides is 3. The number of ether oxygens (including phenoxy) is 1. The lowest BCUT2D eigenvalue weighted by Crippen LogP contribution is -2.34. The SMILES string of the molecule is COc1ccc(NC(=O)NC[C@H]2CC(=O)N(c3ccc(Cl)cc3)C2)cc1. The molecule has 0 spiro atoms. The Labute approximate surface area is 157 Å². The van der Waals surface area contributed by atoms with Crippen LogP contribution >= 0.6 is 11.6 Å². The molecule has 2 aromatic carbocycles. The molecule has 0 unspecified atom stereocenters. The fourth-order valence-corrected chi connectivity index (χ4v) is 3.00. The summed E-state index contributed by atoms with van der Waals surface area (Å²) in [6.07, 6.45) is 0.408. The van der Waals surface area contributed by atoms with Gasteiger partial charge in [0.1, 0.15) is 5.75 Å². The second-order valence-corrected chi connectivity index (χ2v) is 6.55. The van der Waals surface area contributed by atoms with E-state index in [1.807, 2.05) is 12.1 Å². The molecule has 1 saturated heterocycles. The van der Waals surface area contributed by atoms with Gasteiger partial charge in [0.15, 0.2) is 0 Å². The fraction of sp³-hybridized carbons (Fsp3) is 0.263. The number of hydrogen-bond donors (Lipinski definition) is 2. The van der Waals surface area contributed by atoms with Crippen LogP contribution in [0.1, 0.15) is 6.42 Å². The molecule has 0 aliphatic carbocycles. The molecule has 1 atom stereocenters. The predicted molar refractivity (Wildman–Crippen MR) is 102 cm³/mol. The van der Waals surface area contributed by atoms with Crippen LogP contribution in [0.3, 0.4) is 0 Å². The molecule has 1 heterocycles. The van der Waals surface area contributed by atoms with Crippen molar-refractivity contribution in [2.24, 2.45) is 5.92 Å². The van der Waals surface area contributed by atoms with Crippen molar-refractivity contribution in [3.8, 4) is 5.75 Å². The van der Waals surface area contributed by atoms with Gasteiger partial charge in [0, 0.05) is 41.8 Å². The van der Waals surface area contributed by atoms with E-state index >= 15 is 0 Å². The Morgan fingerprint density at radius 3 is 2.54 bits per heavy atom. The third kappa shape index (κ3) is 4.46. The predicted octanol–water partition coefficient (Wildman–Crippen LogP) is 3.52. The van der Waals surface area contributed by atoms with Gasteiger partial charge in [0.25, 0.3) is 0 Å². The molecule has 0 bridgehead atoms. The van der Waals surface area contributed by atoms with E-state index in [9.17, 15) is 9.59 Å². The van der Waals surface area contributed by atoms with Gasteiger partial charge in [0.05, 0.1) is 7.11 Å². The Bertz CT molecular complexity index is 778. The molecule has 26 heavy (non-hydrogen) atoms. The number of halogens is 1. The van der Waals surface area contributed by atoms with Crippen LogP contribution in [0.15, 0.2) is 48.5 Å². The van der Waals surface area contributed by atoms with Gasteiger partial charge in [-0.2, -0.15) is 0 Å². The molecule has 7 heteroatoms. The molecule has 2 N–H and O–H groups in total. The molecule has 0 saturated carbocycles. The van der Waals surface area contributed by atoms with Crippen LogP contribution in [-0.4, -0.2) is 32.1 Å². The van der Waals surface area contributed by atoms with E-state index in [1.54, 1.807) is 48.4 Å². The van der Waals surface area contributed by atoms with Gasteiger partial charge >= 0.3 is 6.03 Å². The summed E-state index contributed by atoms with van der Waals surface area (Å²) in [6.45, 7) is 1.00. The van der Waals surface area contributed by atoms with Crippen LogP contribution in [0.5, 0.6) is 5.75 Å². The van der Waals surface area contributed by atoms with Gasteiger partial charge in [-0.05, 0) is 48.5 Å². The van der Waals surface area contributed by atoms with Crippen molar-refractivity contribution in [3.63, 3.8) is 0 Å². The summed E-state index contributed by atoms with van der Waals surface area (Å²) in [7, 11) is 1.59. The van der Waals surface area contributed by atoms with Crippen LogP contribution in [0.4, 0.5) is 16.2 Å². The summed E-state index contributed by atoms with van der Waals surface area (Å²) >= 11 is 5.89. The minimum absolute atomic E-state index is 0.0506. The van der Waals surface area contributed by atoms with Crippen molar-refractivity contribution in [1.82, 2.24) is 5.32 Å². The average molecular weight is 374 g/mol. The number of anilines is 2. The van der Waals surface area contributed by atoms with Gasteiger partial charge in [-0.15, -0.1) is 0 Å². The first kappa shape index (κ1) is 18.1. The number of methoxy groups -OCH3 is 1. The summed E-state index contributed by atoms with van der Waals surface area (Å²) in [5.74, 6) is 0.845. The molecule has 0 radical (unpaired) electrons. The summed E-state index contributed by atoms with van der Waals surface area (Å²) in [5.41, 5.74) is 1.50. The van der Waals surface area contributed by atoms with Crippen molar-refractivity contribution in [1.29, 1.82) is 0 Å². The first-order valence-electron chi connectivity index (χ1n) is 8.30. The van der Waals surface area contributed by atoms with Gasteiger partial charge in [-0.25, -0.2) is 4.79 Å². The maximum atomic E-state index is 12.2. The number of nitrogens with one attached hydrogen (secondary N) is 2. The quantitative estimate of drug-likeness (QED) is 0.842.